The zero-order valence-electron chi connectivity index (χ0n) is 11.7. The van der Waals surface area contributed by atoms with Crippen LogP contribution < -0.4 is 0 Å². The number of ether oxygens (including phenoxy) is 2. The summed E-state index contributed by atoms with van der Waals surface area (Å²) >= 11 is 0. The molecule has 4 heteroatoms. The Morgan fingerprint density at radius 1 is 0.952 bits per heavy atom. The Hall–Kier alpha value is -2.62. The summed E-state index contributed by atoms with van der Waals surface area (Å²) in [6.45, 7) is 0. The molecule has 2 rings (SSSR count). The van der Waals surface area contributed by atoms with Gasteiger partial charge in [0.05, 0.1) is 12.7 Å². The van der Waals surface area contributed by atoms with E-state index in [1.54, 1.807) is 30.3 Å². The molecule has 0 aliphatic rings. The lowest BCUT2D eigenvalue weighted by Gasteiger charge is -2.15. The van der Waals surface area contributed by atoms with Crippen molar-refractivity contribution in [3.05, 3.63) is 71.8 Å². The smallest absolute Gasteiger partial charge is 0.347 e. The van der Waals surface area contributed by atoms with Crippen LogP contribution in [0.4, 0.5) is 0 Å². The predicted octanol–water partition coefficient (Wildman–Crippen LogP) is 2.63. The summed E-state index contributed by atoms with van der Waals surface area (Å²) < 4.78 is 9.98. The van der Waals surface area contributed by atoms with Crippen molar-refractivity contribution in [3.63, 3.8) is 0 Å². The van der Waals surface area contributed by atoms with Crippen molar-refractivity contribution in [1.82, 2.24) is 0 Å². The molecule has 1 atom stereocenters. The quantitative estimate of drug-likeness (QED) is 0.792. The topological polar surface area (TPSA) is 52.6 Å². The average Bonchev–Trinajstić information content (AvgIpc) is 2.55. The Morgan fingerprint density at radius 2 is 1.52 bits per heavy atom. The summed E-state index contributed by atoms with van der Waals surface area (Å²) in [6, 6.07) is 17.9. The first kappa shape index (κ1) is 14.8. The maximum absolute atomic E-state index is 12.0. The second kappa shape index (κ2) is 7.24. The van der Waals surface area contributed by atoms with Crippen LogP contribution in [0.25, 0.3) is 0 Å². The molecule has 108 valence electrons. The van der Waals surface area contributed by atoms with Crippen LogP contribution in [0, 0.1) is 0 Å². The molecule has 2 aromatic carbocycles. The van der Waals surface area contributed by atoms with Gasteiger partial charge in [-0.25, -0.2) is 9.59 Å². The van der Waals surface area contributed by atoms with E-state index in [1.165, 1.54) is 7.11 Å². The van der Waals surface area contributed by atoms with Gasteiger partial charge < -0.3 is 9.47 Å². The predicted molar refractivity (Wildman–Crippen MR) is 77.8 cm³/mol. The fourth-order valence-corrected chi connectivity index (χ4v) is 1.90. The zero-order chi connectivity index (χ0) is 15.1. The zero-order valence-corrected chi connectivity index (χ0v) is 11.7. The van der Waals surface area contributed by atoms with E-state index in [2.05, 4.69) is 0 Å². The van der Waals surface area contributed by atoms with E-state index in [4.69, 9.17) is 9.47 Å². The number of carbonyl (C=O) groups is 2. The van der Waals surface area contributed by atoms with Gasteiger partial charge in [0.15, 0.2) is 0 Å². The molecule has 0 spiro atoms. The molecule has 0 heterocycles. The van der Waals surface area contributed by atoms with Crippen molar-refractivity contribution in [2.75, 3.05) is 7.11 Å². The minimum atomic E-state index is -0.954. The van der Waals surface area contributed by atoms with E-state index in [9.17, 15) is 9.59 Å². The van der Waals surface area contributed by atoms with E-state index in [0.29, 0.717) is 5.56 Å². The van der Waals surface area contributed by atoms with Crippen molar-refractivity contribution in [2.45, 2.75) is 12.5 Å². The van der Waals surface area contributed by atoms with Gasteiger partial charge in [-0.1, -0.05) is 48.5 Å². The van der Waals surface area contributed by atoms with Crippen LogP contribution in [-0.4, -0.2) is 25.2 Å². The second-order valence-electron chi connectivity index (χ2n) is 4.47. The molecular formula is C17H16O4. The third-order valence-electron chi connectivity index (χ3n) is 2.99. The van der Waals surface area contributed by atoms with Crippen LogP contribution in [0.1, 0.15) is 15.9 Å². The van der Waals surface area contributed by atoms with Gasteiger partial charge in [0.1, 0.15) is 0 Å². The molecule has 0 unspecified atom stereocenters. The third-order valence-corrected chi connectivity index (χ3v) is 2.99. The third kappa shape index (κ3) is 4.18. The highest BCUT2D eigenvalue weighted by molar-refractivity contribution is 5.91. The average molecular weight is 284 g/mol. The van der Waals surface area contributed by atoms with Gasteiger partial charge in [0.2, 0.25) is 6.10 Å². The highest BCUT2D eigenvalue weighted by atomic mass is 16.6. The van der Waals surface area contributed by atoms with Crippen LogP contribution in [0.2, 0.25) is 0 Å². The minimum absolute atomic E-state index is 0.284. The lowest BCUT2D eigenvalue weighted by Crippen LogP contribution is -2.30. The fourth-order valence-electron chi connectivity index (χ4n) is 1.90. The summed E-state index contributed by atoms with van der Waals surface area (Å²) in [6.07, 6.45) is -0.670. The normalized spacial score (nSPS) is 11.5. The molecule has 0 bridgehead atoms. The summed E-state index contributed by atoms with van der Waals surface area (Å²) in [5.74, 6) is -1.11. The molecule has 0 aromatic heterocycles. The Balaban J connectivity index is 2.10. The highest BCUT2D eigenvalue weighted by Crippen LogP contribution is 2.11. The number of carbonyl (C=O) groups excluding carboxylic acids is 2. The van der Waals surface area contributed by atoms with E-state index in [1.807, 2.05) is 30.3 Å². The van der Waals surface area contributed by atoms with Crippen LogP contribution >= 0.6 is 0 Å². The largest absolute Gasteiger partial charge is 0.466 e. The Labute approximate surface area is 123 Å². The molecule has 0 aliphatic carbocycles. The lowest BCUT2D eigenvalue weighted by atomic mass is 10.1. The molecule has 4 nitrogen and oxygen atoms in total. The molecule has 0 radical (unpaired) electrons. The van der Waals surface area contributed by atoms with Gasteiger partial charge >= 0.3 is 11.9 Å². The maximum atomic E-state index is 12.0. The van der Waals surface area contributed by atoms with Crippen molar-refractivity contribution in [1.29, 1.82) is 0 Å². The van der Waals surface area contributed by atoms with E-state index in [-0.39, 0.29) is 6.42 Å². The van der Waals surface area contributed by atoms with Crippen LogP contribution in [0.15, 0.2) is 60.7 Å². The molecular weight excluding hydrogens is 268 g/mol. The highest BCUT2D eigenvalue weighted by Gasteiger charge is 2.24. The summed E-state index contributed by atoms with van der Waals surface area (Å²) in [5, 5.41) is 0. The fraction of sp³-hybridized carbons (Fsp3) is 0.176. The molecule has 0 saturated heterocycles. The number of esters is 2. The van der Waals surface area contributed by atoms with Gasteiger partial charge in [0.25, 0.3) is 0 Å². The first-order chi connectivity index (χ1) is 10.2. The molecule has 21 heavy (non-hydrogen) atoms. The monoisotopic (exact) mass is 284 g/mol. The maximum Gasteiger partial charge on any atom is 0.347 e. The van der Waals surface area contributed by atoms with E-state index < -0.39 is 18.0 Å². The van der Waals surface area contributed by atoms with Crippen molar-refractivity contribution >= 4 is 11.9 Å². The van der Waals surface area contributed by atoms with Gasteiger partial charge in [-0.3, -0.25) is 0 Å². The van der Waals surface area contributed by atoms with Gasteiger partial charge in [-0.2, -0.15) is 0 Å². The molecule has 0 aliphatic heterocycles. The van der Waals surface area contributed by atoms with Crippen molar-refractivity contribution in [3.8, 4) is 0 Å². The standard InChI is InChI=1S/C17H16O4/c1-20-17(19)15(12-13-8-4-2-5-9-13)21-16(18)14-10-6-3-7-11-14/h2-11,15H,12H2,1H3/t15-/m1/s1. The molecule has 0 amide bonds. The lowest BCUT2D eigenvalue weighted by molar-refractivity contribution is -0.150. The summed E-state index contributed by atoms with van der Waals surface area (Å²) in [4.78, 5) is 23.8. The van der Waals surface area contributed by atoms with Crippen LogP contribution in [-0.2, 0) is 20.7 Å². The Morgan fingerprint density at radius 3 is 2.10 bits per heavy atom. The van der Waals surface area contributed by atoms with Gasteiger partial charge in [-0.15, -0.1) is 0 Å². The number of benzene rings is 2. The number of methoxy groups -OCH3 is 1. The van der Waals surface area contributed by atoms with Gasteiger partial charge in [-0.05, 0) is 17.7 Å². The molecule has 2 aromatic rings. The molecule has 0 fully saturated rings. The van der Waals surface area contributed by atoms with Crippen LogP contribution in [0.5, 0.6) is 0 Å². The Kier molecular flexibility index (Phi) is 5.10. The van der Waals surface area contributed by atoms with Crippen molar-refractivity contribution < 1.29 is 19.1 Å². The second-order valence-corrected chi connectivity index (χ2v) is 4.47. The molecule has 0 N–H and O–H groups in total. The minimum Gasteiger partial charge on any atom is -0.466 e. The first-order valence-electron chi connectivity index (χ1n) is 6.58. The van der Waals surface area contributed by atoms with Crippen LogP contribution in [0.3, 0.4) is 0 Å². The summed E-state index contributed by atoms with van der Waals surface area (Å²) in [7, 11) is 1.27. The first-order valence-corrected chi connectivity index (χ1v) is 6.58. The number of rotatable bonds is 5. The summed E-state index contributed by atoms with van der Waals surface area (Å²) in [5.41, 5.74) is 1.30. The number of hydrogen-bond acceptors (Lipinski definition) is 4. The van der Waals surface area contributed by atoms with E-state index >= 15 is 0 Å². The van der Waals surface area contributed by atoms with E-state index in [0.717, 1.165) is 5.56 Å². The van der Waals surface area contributed by atoms with Gasteiger partial charge in [0, 0.05) is 6.42 Å². The Bertz CT molecular complexity index is 593. The number of hydrogen-bond donors (Lipinski definition) is 0. The van der Waals surface area contributed by atoms with Crippen molar-refractivity contribution in [2.24, 2.45) is 0 Å². The molecule has 0 saturated carbocycles. The SMILES string of the molecule is COC(=O)[C@@H](Cc1ccccc1)OC(=O)c1ccccc1.